The number of aryl methyl sites for hydroxylation is 2. The molecule has 0 saturated heterocycles. The van der Waals surface area contributed by atoms with Crippen molar-refractivity contribution in [2.24, 2.45) is 5.92 Å². The Bertz CT molecular complexity index is 682. The summed E-state index contributed by atoms with van der Waals surface area (Å²) in [6.45, 7) is 9.18. The van der Waals surface area contributed by atoms with Crippen LogP contribution in [0.2, 0.25) is 0 Å². The molecule has 0 unspecified atom stereocenters. The van der Waals surface area contributed by atoms with Gasteiger partial charge in [0.2, 0.25) is 5.95 Å². The number of benzene rings is 1. The predicted octanol–water partition coefficient (Wildman–Crippen LogP) is 3.80. The average Bonchev–Trinajstić information content (AvgIpc) is 2.51. The quantitative estimate of drug-likeness (QED) is 0.851. The lowest BCUT2D eigenvalue weighted by Gasteiger charge is -2.09. The Morgan fingerprint density at radius 3 is 2.65 bits per heavy atom. The van der Waals surface area contributed by atoms with E-state index in [2.05, 4.69) is 34.4 Å². The van der Waals surface area contributed by atoms with Crippen LogP contribution in [0.1, 0.15) is 41.9 Å². The second-order valence-corrected chi connectivity index (χ2v) is 6.13. The number of amides is 1. The first-order valence-corrected chi connectivity index (χ1v) is 7.91. The first-order valence-electron chi connectivity index (χ1n) is 7.91. The van der Waals surface area contributed by atoms with Crippen LogP contribution in [0.5, 0.6) is 0 Å². The number of carbonyl (C=O) groups excluding carboxylic acids is 1. The van der Waals surface area contributed by atoms with Crippen LogP contribution in [0.3, 0.4) is 0 Å². The lowest BCUT2D eigenvalue weighted by molar-refractivity contribution is 0.102. The molecule has 2 N–H and O–H groups in total. The Kier molecular flexibility index (Phi) is 5.68. The highest BCUT2D eigenvalue weighted by atomic mass is 16.1. The predicted molar refractivity (Wildman–Crippen MR) is 93.8 cm³/mol. The third-order valence-electron chi connectivity index (χ3n) is 3.66. The van der Waals surface area contributed by atoms with Gasteiger partial charge in [-0.25, -0.2) is 9.97 Å². The molecule has 0 aliphatic carbocycles. The molecule has 0 aliphatic rings. The summed E-state index contributed by atoms with van der Waals surface area (Å²) in [5, 5.41) is 6.02. The number of rotatable bonds is 6. The number of aromatic nitrogens is 2. The van der Waals surface area contributed by atoms with Gasteiger partial charge in [-0.05, 0) is 55.5 Å². The highest BCUT2D eigenvalue weighted by Crippen LogP contribution is 2.15. The second kappa shape index (κ2) is 7.72. The maximum Gasteiger partial charge on any atom is 0.274 e. The molecular weight excluding hydrogens is 288 g/mol. The van der Waals surface area contributed by atoms with Gasteiger partial charge in [-0.15, -0.1) is 0 Å². The van der Waals surface area contributed by atoms with E-state index in [1.54, 1.807) is 12.3 Å². The smallest absolute Gasteiger partial charge is 0.274 e. The Morgan fingerprint density at radius 1 is 1.17 bits per heavy atom. The van der Waals surface area contributed by atoms with Crippen LogP contribution in [0, 0.1) is 19.8 Å². The van der Waals surface area contributed by atoms with Crippen LogP contribution in [0.15, 0.2) is 30.5 Å². The molecule has 0 atom stereocenters. The van der Waals surface area contributed by atoms with Gasteiger partial charge in [0, 0.05) is 18.4 Å². The van der Waals surface area contributed by atoms with E-state index in [-0.39, 0.29) is 5.91 Å². The van der Waals surface area contributed by atoms with Crippen molar-refractivity contribution in [2.45, 2.75) is 34.1 Å². The van der Waals surface area contributed by atoms with E-state index >= 15 is 0 Å². The molecule has 1 aromatic heterocycles. The fourth-order valence-electron chi connectivity index (χ4n) is 2.06. The van der Waals surface area contributed by atoms with Crippen LogP contribution in [-0.4, -0.2) is 22.4 Å². The van der Waals surface area contributed by atoms with Gasteiger partial charge < -0.3 is 10.6 Å². The molecule has 1 aromatic carbocycles. The molecule has 2 rings (SSSR count). The number of hydrogen-bond acceptors (Lipinski definition) is 4. The van der Waals surface area contributed by atoms with E-state index in [0.717, 1.165) is 24.2 Å². The van der Waals surface area contributed by atoms with Crippen LogP contribution >= 0.6 is 0 Å². The standard InChI is InChI=1S/C18H24N4O/c1-12(2)7-9-19-18-20-10-8-16(22-18)17(23)21-15-6-5-13(3)14(4)11-15/h5-6,8,10-12H,7,9H2,1-4H3,(H,21,23)(H,19,20,22). The van der Waals surface area contributed by atoms with Crippen molar-refractivity contribution in [3.8, 4) is 0 Å². The molecule has 1 heterocycles. The normalized spacial score (nSPS) is 10.7. The zero-order valence-electron chi connectivity index (χ0n) is 14.2. The molecule has 2 aromatic rings. The van der Waals surface area contributed by atoms with E-state index in [1.165, 1.54) is 5.56 Å². The fraction of sp³-hybridized carbons (Fsp3) is 0.389. The molecule has 0 saturated carbocycles. The zero-order chi connectivity index (χ0) is 16.8. The highest BCUT2D eigenvalue weighted by Gasteiger charge is 2.09. The molecule has 122 valence electrons. The van der Waals surface area contributed by atoms with Crippen LogP contribution in [-0.2, 0) is 0 Å². The molecule has 23 heavy (non-hydrogen) atoms. The second-order valence-electron chi connectivity index (χ2n) is 6.13. The summed E-state index contributed by atoms with van der Waals surface area (Å²) >= 11 is 0. The summed E-state index contributed by atoms with van der Waals surface area (Å²) in [6.07, 6.45) is 2.63. The van der Waals surface area contributed by atoms with Crippen LogP contribution < -0.4 is 10.6 Å². The topological polar surface area (TPSA) is 66.9 Å². The van der Waals surface area contributed by atoms with Gasteiger partial charge in [0.15, 0.2) is 0 Å². The van der Waals surface area contributed by atoms with Crippen molar-refractivity contribution in [1.82, 2.24) is 9.97 Å². The van der Waals surface area contributed by atoms with Gasteiger partial charge in [-0.3, -0.25) is 4.79 Å². The van der Waals surface area contributed by atoms with Gasteiger partial charge >= 0.3 is 0 Å². The molecule has 5 nitrogen and oxygen atoms in total. The fourth-order valence-corrected chi connectivity index (χ4v) is 2.06. The Morgan fingerprint density at radius 2 is 1.96 bits per heavy atom. The number of nitrogens with zero attached hydrogens (tertiary/aromatic N) is 2. The van der Waals surface area contributed by atoms with Crippen LogP contribution in [0.25, 0.3) is 0 Å². The first kappa shape index (κ1) is 16.9. The maximum absolute atomic E-state index is 12.3. The number of nitrogens with one attached hydrogen (secondary N) is 2. The number of hydrogen-bond donors (Lipinski definition) is 2. The van der Waals surface area contributed by atoms with Gasteiger partial charge in [-0.2, -0.15) is 0 Å². The largest absolute Gasteiger partial charge is 0.354 e. The summed E-state index contributed by atoms with van der Waals surface area (Å²) in [5.41, 5.74) is 3.46. The summed E-state index contributed by atoms with van der Waals surface area (Å²) < 4.78 is 0. The van der Waals surface area contributed by atoms with Crippen molar-refractivity contribution in [1.29, 1.82) is 0 Å². The average molecular weight is 312 g/mol. The maximum atomic E-state index is 12.3. The van der Waals surface area contributed by atoms with E-state index in [0.29, 0.717) is 17.6 Å². The summed E-state index contributed by atoms with van der Waals surface area (Å²) in [5.74, 6) is 0.861. The van der Waals surface area contributed by atoms with Gasteiger partial charge in [0.25, 0.3) is 5.91 Å². The molecule has 0 aliphatic heterocycles. The summed E-state index contributed by atoms with van der Waals surface area (Å²) in [4.78, 5) is 20.7. The third-order valence-corrected chi connectivity index (χ3v) is 3.66. The Balaban J connectivity index is 2.02. The van der Waals surface area contributed by atoms with E-state index in [4.69, 9.17) is 0 Å². The molecule has 0 fully saturated rings. The first-order chi connectivity index (χ1) is 11.0. The minimum atomic E-state index is -0.234. The third kappa shape index (κ3) is 5.06. The summed E-state index contributed by atoms with van der Waals surface area (Å²) in [7, 11) is 0. The number of carbonyl (C=O) groups is 1. The lowest BCUT2D eigenvalue weighted by Crippen LogP contribution is -2.16. The van der Waals surface area contributed by atoms with E-state index in [1.807, 2.05) is 32.0 Å². The minimum absolute atomic E-state index is 0.234. The highest BCUT2D eigenvalue weighted by molar-refractivity contribution is 6.03. The van der Waals surface area contributed by atoms with Crippen molar-refractivity contribution >= 4 is 17.5 Å². The molecule has 0 radical (unpaired) electrons. The molecule has 5 heteroatoms. The molecule has 1 amide bonds. The Hall–Kier alpha value is -2.43. The van der Waals surface area contributed by atoms with Crippen molar-refractivity contribution in [2.75, 3.05) is 17.2 Å². The summed E-state index contributed by atoms with van der Waals surface area (Å²) in [6, 6.07) is 7.45. The van der Waals surface area contributed by atoms with Crippen LogP contribution in [0.4, 0.5) is 11.6 Å². The van der Waals surface area contributed by atoms with Gasteiger partial charge in [-0.1, -0.05) is 19.9 Å². The zero-order valence-corrected chi connectivity index (χ0v) is 14.2. The molecule has 0 spiro atoms. The molecule has 0 bridgehead atoms. The van der Waals surface area contributed by atoms with Crippen molar-refractivity contribution < 1.29 is 4.79 Å². The van der Waals surface area contributed by atoms with Gasteiger partial charge in [0.1, 0.15) is 5.69 Å². The lowest BCUT2D eigenvalue weighted by atomic mass is 10.1. The van der Waals surface area contributed by atoms with Crippen molar-refractivity contribution in [3.05, 3.63) is 47.3 Å². The Labute approximate surface area is 137 Å². The number of anilines is 2. The van der Waals surface area contributed by atoms with Gasteiger partial charge in [0.05, 0.1) is 0 Å². The van der Waals surface area contributed by atoms with E-state index < -0.39 is 0 Å². The van der Waals surface area contributed by atoms with Crippen molar-refractivity contribution in [3.63, 3.8) is 0 Å². The SMILES string of the molecule is Cc1ccc(NC(=O)c2ccnc(NCCC(C)C)n2)cc1C. The molecular formula is C18H24N4O. The minimum Gasteiger partial charge on any atom is -0.354 e. The van der Waals surface area contributed by atoms with E-state index in [9.17, 15) is 4.79 Å². The monoisotopic (exact) mass is 312 g/mol.